The Morgan fingerprint density at radius 1 is 0.654 bits per heavy atom. The first-order valence-corrected chi connectivity index (χ1v) is 19.4. The van der Waals surface area contributed by atoms with Crippen molar-refractivity contribution in [3.8, 4) is 11.1 Å². The van der Waals surface area contributed by atoms with Crippen LogP contribution < -0.4 is 4.90 Å². The third-order valence-electron chi connectivity index (χ3n) is 8.07. The molecule has 0 fully saturated rings. The highest BCUT2D eigenvalue weighted by Gasteiger charge is 2.21. The number of hydrogen-bond donors (Lipinski definition) is 0. The molecule has 4 aromatic rings. The lowest BCUT2D eigenvalue weighted by Gasteiger charge is -2.32. The Morgan fingerprint density at radius 3 is 1.63 bits per heavy atom. The summed E-state index contributed by atoms with van der Waals surface area (Å²) in [7, 11) is 0. The van der Waals surface area contributed by atoms with Crippen LogP contribution in [0.4, 0.5) is 5.69 Å². The SMILES string of the molecule is C=C(/C=C(\C(=C/C)CCCCC)N(C(/C=C\C)=C(\C)C=C(C)C)c1ccc(-c2ccccc2)cc1)c1ccccc1.CC.CC.Cc1ccccc1. The van der Waals surface area contributed by atoms with Crippen molar-refractivity contribution >= 4 is 11.3 Å². The third kappa shape index (κ3) is 15.6. The van der Waals surface area contributed by atoms with Crippen LogP contribution in [0.5, 0.6) is 0 Å². The standard InChI is InChI=1S/C40H47N.C7H8.2C2H6/c1-8-11-14-20-34(10-3)40(30-32(6)35-21-15-12-16-22-35)41(39(19-9-2)33(7)29-31(4)5)38-27-25-37(26-28-38)36-23-17-13-18-24-36;1-7-5-3-2-4-6-7;2*1-2/h9-10,12-13,15-19,21-30H,6,8,11,14,20H2,1-5,7H3;2-6H,1H3;2*1-2H3/b19-9-,34-10-,39-33+,40-30+;;;. The average Bonchev–Trinajstić information content (AvgIpc) is 3.19. The average molecular weight is 694 g/mol. The van der Waals surface area contributed by atoms with Gasteiger partial charge in [-0.15, -0.1) is 0 Å². The van der Waals surface area contributed by atoms with Gasteiger partial charge >= 0.3 is 0 Å². The summed E-state index contributed by atoms with van der Waals surface area (Å²) in [5.74, 6) is 0. The van der Waals surface area contributed by atoms with E-state index in [4.69, 9.17) is 0 Å². The molecule has 276 valence electrons. The molecule has 4 rings (SSSR count). The predicted molar refractivity (Wildman–Crippen MR) is 237 cm³/mol. The molecule has 1 nitrogen and oxygen atoms in total. The molecule has 0 amide bonds. The second-order valence-electron chi connectivity index (χ2n) is 12.4. The van der Waals surface area contributed by atoms with Gasteiger partial charge in [0, 0.05) is 17.1 Å². The molecule has 0 aliphatic rings. The van der Waals surface area contributed by atoms with E-state index in [0.29, 0.717) is 0 Å². The number of hydrogen-bond acceptors (Lipinski definition) is 1. The number of rotatable bonds is 13. The highest BCUT2D eigenvalue weighted by molar-refractivity contribution is 5.78. The molecule has 0 atom stereocenters. The molecule has 0 bridgehead atoms. The lowest BCUT2D eigenvalue weighted by atomic mass is 9.97. The second-order valence-corrected chi connectivity index (χ2v) is 12.4. The van der Waals surface area contributed by atoms with Crippen molar-refractivity contribution in [1.29, 1.82) is 0 Å². The Balaban J connectivity index is 0.00000107. The van der Waals surface area contributed by atoms with Crippen LogP contribution in [-0.4, -0.2) is 0 Å². The van der Waals surface area contributed by atoms with Crippen LogP contribution in [0.15, 0.2) is 180 Å². The Morgan fingerprint density at radius 2 is 1.17 bits per heavy atom. The number of unbranched alkanes of at least 4 members (excludes halogenated alkanes) is 2. The van der Waals surface area contributed by atoms with Gasteiger partial charge in [0.25, 0.3) is 0 Å². The molecule has 0 aliphatic carbocycles. The summed E-state index contributed by atoms with van der Waals surface area (Å²) in [6.45, 7) is 27.7. The molecule has 0 aliphatic heterocycles. The number of allylic oxidation sites excluding steroid dienone is 9. The lowest BCUT2D eigenvalue weighted by Crippen LogP contribution is -2.24. The van der Waals surface area contributed by atoms with Crippen LogP contribution in [0.25, 0.3) is 16.7 Å². The normalized spacial score (nSPS) is 11.4. The summed E-state index contributed by atoms with van der Waals surface area (Å²) in [6.07, 6.45) is 15.8. The van der Waals surface area contributed by atoms with Gasteiger partial charge in [0.05, 0.1) is 0 Å². The van der Waals surface area contributed by atoms with Crippen molar-refractivity contribution in [2.45, 2.75) is 102 Å². The van der Waals surface area contributed by atoms with Gasteiger partial charge < -0.3 is 4.90 Å². The van der Waals surface area contributed by atoms with Crippen molar-refractivity contribution in [1.82, 2.24) is 0 Å². The molecule has 0 heterocycles. The molecule has 0 saturated carbocycles. The zero-order valence-corrected chi connectivity index (χ0v) is 34.3. The van der Waals surface area contributed by atoms with Crippen LogP contribution in [0.1, 0.15) is 106 Å². The van der Waals surface area contributed by atoms with Gasteiger partial charge in [0.15, 0.2) is 0 Å². The maximum Gasteiger partial charge on any atom is 0.0496 e. The van der Waals surface area contributed by atoms with E-state index >= 15 is 0 Å². The van der Waals surface area contributed by atoms with E-state index in [2.05, 4.69) is 187 Å². The van der Waals surface area contributed by atoms with Crippen molar-refractivity contribution in [3.05, 3.63) is 191 Å². The van der Waals surface area contributed by atoms with Crippen molar-refractivity contribution < 1.29 is 0 Å². The largest absolute Gasteiger partial charge is 0.310 e. The summed E-state index contributed by atoms with van der Waals surface area (Å²) in [4.78, 5) is 2.43. The Hall–Kier alpha value is -4.88. The molecular formula is C51H67N. The predicted octanol–water partition coefficient (Wildman–Crippen LogP) is 16.1. The minimum Gasteiger partial charge on any atom is -0.310 e. The van der Waals surface area contributed by atoms with E-state index in [1.807, 2.05) is 45.9 Å². The highest BCUT2D eigenvalue weighted by Crippen LogP contribution is 2.36. The van der Waals surface area contributed by atoms with Gasteiger partial charge in [0.1, 0.15) is 0 Å². The van der Waals surface area contributed by atoms with Crippen LogP contribution in [0, 0.1) is 6.92 Å². The van der Waals surface area contributed by atoms with E-state index in [-0.39, 0.29) is 0 Å². The lowest BCUT2D eigenvalue weighted by molar-refractivity contribution is 0.713. The van der Waals surface area contributed by atoms with E-state index in [0.717, 1.165) is 35.4 Å². The summed E-state index contributed by atoms with van der Waals surface area (Å²) >= 11 is 0. The Kier molecular flexibility index (Phi) is 23.3. The van der Waals surface area contributed by atoms with Crippen LogP contribution in [0.3, 0.4) is 0 Å². The molecule has 1 heteroatoms. The van der Waals surface area contributed by atoms with Crippen LogP contribution in [0.2, 0.25) is 0 Å². The minimum absolute atomic E-state index is 1.00. The maximum absolute atomic E-state index is 4.53. The van der Waals surface area contributed by atoms with E-state index in [9.17, 15) is 0 Å². The first-order valence-electron chi connectivity index (χ1n) is 19.4. The summed E-state index contributed by atoms with van der Waals surface area (Å²) in [5.41, 5.74) is 13.2. The molecule has 52 heavy (non-hydrogen) atoms. The molecule has 0 saturated heterocycles. The van der Waals surface area contributed by atoms with Crippen LogP contribution in [-0.2, 0) is 0 Å². The Bertz CT molecular complexity index is 1690. The quantitative estimate of drug-likeness (QED) is 0.0995. The third-order valence-corrected chi connectivity index (χ3v) is 8.07. The van der Waals surface area contributed by atoms with Gasteiger partial charge in [-0.25, -0.2) is 0 Å². The van der Waals surface area contributed by atoms with Gasteiger partial charge in [-0.2, -0.15) is 0 Å². The number of nitrogens with zero attached hydrogens (tertiary/aromatic N) is 1. The fraction of sp³-hybridized carbons (Fsp3) is 0.294. The molecule has 0 N–H and O–H groups in total. The van der Waals surface area contributed by atoms with Gasteiger partial charge in [0.2, 0.25) is 0 Å². The fourth-order valence-corrected chi connectivity index (χ4v) is 5.61. The Labute approximate surface area is 319 Å². The maximum atomic E-state index is 4.53. The highest BCUT2D eigenvalue weighted by atomic mass is 15.2. The van der Waals surface area contributed by atoms with Gasteiger partial charge in [-0.1, -0.05) is 187 Å². The second kappa shape index (κ2) is 26.9. The summed E-state index contributed by atoms with van der Waals surface area (Å²) in [6, 6.07) is 40.3. The molecule has 0 radical (unpaired) electrons. The first kappa shape index (κ1) is 45.1. The van der Waals surface area contributed by atoms with E-state index in [1.54, 1.807) is 0 Å². The molecule has 0 aromatic heterocycles. The molecular weight excluding hydrogens is 627 g/mol. The van der Waals surface area contributed by atoms with Gasteiger partial charge in [-0.05, 0) is 112 Å². The molecule has 0 spiro atoms. The number of anilines is 1. The molecule has 4 aromatic carbocycles. The van der Waals surface area contributed by atoms with Crippen molar-refractivity contribution in [2.24, 2.45) is 0 Å². The zero-order valence-electron chi connectivity index (χ0n) is 34.3. The number of aryl methyl sites for hydroxylation is 1. The van der Waals surface area contributed by atoms with Crippen molar-refractivity contribution in [2.75, 3.05) is 4.90 Å². The first-order chi connectivity index (χ1) is 25.3. The monoisotopic (exact) mass is 694 g/mol. The smallest absolute Gasteiger partial charge is 0.0496 e. The van der Waals surface area contributed by atoms with E-state index < -0.39 is 0 Å². The van der Waals surface area contributed by atoms with E-state index in [1.165, 1.54) is 51.9 Å². The summed E-state index contributed by atoms with van der Waals surface area (Å²) < 4.78 is 0. The van der Waals surface area contributed by atoms with Crippen molar-refractivity contribution in [3.63, 3.8) is 0 Å². The van der Waals surface area contributed by atoms with Crippen LogP contribution >= 0.6 is 0 Å². The minimum atomic E-state index is 1.00. The van der Waals surface area contributed by atoms with Gasteiger partial charge in [-0.3, -0.25) is 0 Å². The zero-order chi connectivity index (χ0) is 38.7. The summed E-state index contributed by atoms with van der Waals surface area (Å²) in [5, 5.41) is 0. The topological polar surface area (TPSA) is 3.24 Å². The number of benzene rings is 4. The molecule has 0 unspecified atom stereocenters. The fourth-order valence-electron chi connectivity index (χ4n) is 5.61.